The number of benzene rings is 1. The molecule has 3 atom stereocenters. The standard InChI is InChI=1S/C21H22N4O/c1-2-7-16(8-3-1)19-13-17(18-9-5-11-25(18)19)21-23-20(26-24-21)12-15-6-4-10-22-14-15/h1-4,6-8,10,14,17-19H,5,9,11-13H2/t17-,18+,19-/m1/s1. The van der Waals surface area contributed by atoms with Crippen LogP contribution in [0, 0.1) is 0 Å². The fraction of sp³-hybridized carbons (Fsp3) is 0.381. The topological polar surface area (TPSA) is 55.1 Å². The van der Waals surface area contributed by atoms with Gasteiger partial charge in [0.15, 0.2) is 5.82 Å². The van der Waals surface area contributed by atoms with Gasteiger partial charge in [0, 0.05) is 30.4 Å². The van der Waals surface area contributed by atoms with Crippen molar-refractivity contribution in [3.05, 3.63) is 77.7 Å². The molecule has 2 fully saturated rings. The maximum absolute atomic E-state index is 5.56. The minimum Gasteiger partial charge on any atom is -0.339 e. The molecule has 1 aromatic carbocycles. The van der Waals surface area contributed by atoms with E-state index in [4.69, 9.17) is 9.51 Å². The Balaban J connectivity index is 1.38. The first-order chi connectivity index (χ1) is 12.9. The van der Waals surface area contributed by atoms with Crippen LogP contribution in [0.25, 0.3) is 0 Å². The predicted octanol–water partition coefficient (Wildman–Crippen LogP) is 3.75. The van der Waals surface area contributed by atoms with Gasteiger partial charge >= 0.3 is 0 Å². The molecule has 26 heavy (non-hydrogen) atoms. The van der Waals surface area contributed by atoms with Crippen LogP contribution in [0.4, 0.5) is 0 Å². The molecule has 0 radical (unpaired) electrons. The van der Waals surface area contributed by atoms with E-state index in [-0.39, 0.29) is 0 Å². The van der Waals surface area contributed by atoms with Crippen LogP contribution in [0.15, 0.2) is 59.4 Å². The summed E-state index contributed by atoms with van der Waals surface area (Å²) >= 11 is 0. The van der Waals surface area contributed by atoms with Crippen molar-refractivity contribution in [1.29, 1.82) is 0 Å². The molecule has 2 aliphatic rings. The molecule has 2 aromatic heterocycles. The van der Waals surface area contributed by atoms with Gasteiger partial charge in [-0.05, 0) is 43.0 Å². The number of nitrogens with zero attached hydrogens (tertiary/aromatic N) is 4. The lowest BCUT2D eigenvalue weighted by Gasteiger charge is -2.24. The number of hydrogen-bond acceptors (Lipinski definition) is 5. The van der Waals surface area contributed by atoms with Crippen LogP contribution in [0.2, 0.25) is 0 Å². The SMILES string of the molecule is c1ccc([C@H]2C[C@@H](c3noc(Cc4cccnc4)n3)[C@@H]3CCCN23)cc1. The van der Waals surface area contributed by atoms with E-state index in [1.165, 1.54) is 24.9 Å². The van der Waals surface area contributed by atoms with Crippen molar-refractivity contribution >= 4 is 0 Å². The first-order valence-electron chi connectivity index (χ1n) is 9.40. The van der Waals surface area contributed by atoms with Crippen molar-refractivity contribution in [3.8, 4) is 0 Å². The lowest BCUT2D eigenvalue weighted by atomic mass is 9.94. The molecule has 0 bridgehead atoms. The molecule has 0 spiro atoms. The van der Waals surface area contributed by atoms with E-state index in [0.29, 0.717) is 30.3 Å². The zero-order valence-corrected chi connectivity index (χ0v) is 14.7. The Morgan fingerprint density at radius 3 is 2.88 bits per heavy atom. The summed E-state index contributed by atoms with van der Waals surface area (Å²) in [6.45, 7) is 1.17. The second-order valence-corrected chi connectivity index (χ2v) is 7.30. The van der Waals surface area contributed by atoms with E-state index in [0.717, 1.165) is 17.8 Å². The van der Waals surface area contributed by atoms with Gasteiger partial charge in [0.2, 0.25) is 5.89 Å². The molecule has 2 aliphatic heterocycles. The first kappa shape index (κ1) is 15.7. The summed E-state index contributed by atoms with van der Waals surface area (Å²) in [5.41, 5.74) is 2.50. The molecule has 0 saturated carbocycles. The van der Waals surface area contributed by atoms with Crippen molar-refractivity contribution in [2.24, 2.45) is 0 Å². The summed E-state index contributed by atoms with van der Waals surface area (Å²) in [7, 11) is 0. The van der Waals surface area contributed by atoms with E-state index in [2.05, 4.69) is 45.4 Å². The van der Waals surface area contributed by atoms with Crippen LogP contribution in [0.5, 0.6) is 0 Å². The molecular weight excluding hydrogens is 324 g/mol. The third-order valence-corrected chi connectivity index (χ3v) is 5.76. The zero-order valence-electron chi connectivity index (χ0n) is 14.7. The number of aromatic nitrogens is 3. The predicted molar refractivity (Wildman–Crippen MR) is 97.6 cm³/mol. The maximum Gasteiger partial charge on any atom is 0.231 e. The smallest absolute Gasteiger partial charge is 0.231 e. The van der Waals surface area contributed by atoms with Gasteiger partial charge in [-0.1, -0.05) is 41.6 Å². The van der Waals surface area contributed by atoms with E-state index in [9.17, 15) is 0 Å². The molecule has 0 amide bonds. The lowest BCUT2D eigenvalue weighted by Crippen LogP contribution is -2.27. The normalized spacial score (nSPS) is 25.5. The van der Waals surface area contributed by atoms with Gasteiger partial charge in [-0.15, -0.1) is 0 Å². The highest BCUT2D eigenvalue weighted by molar-refractivity contribution is 5.24. The van der Waals surface area contributed by atoms with Crippen molar-refractivity contribution in [3.63, 3.8) is 0 Å². The summed E-state index contributed by atoms with van der Waals surface area (Å²) in [4.78, 5) is 11.5. The van der Waals surface area contributed by atoms with Gasteiger partial charge in [-0.3, -0.25) is 9.88 Å². The summed E-state index contributed by atoms with van der Waals surface area (Å²) in [6.07, 6.45) is 7.82. The molecule has 132 valence electrons. The summed E-state index contributed by atoms with van der Waals surface area (Å²) < 4.78 is 5.56. The van der Waals surface area contributed by atoms with Crippen LogP contribution < -0.4 is 0 Å². The van der Waals surface area contributed by atoms with E-state index in [1.54, 1.807) is 6.20 Å². The Kier molecular flexibility index (Phi) is 4.02. The molecule has 3 aromatic rings. The minimum absolute atomic E-state index is 0.356. The average molecular weight is 346 g/mol. The second kappa shape index (κ2) is 6.65. The number of hydrogen-bond donors (Lipinski definition) is 0. The van der Waals surface area contributed by atoms with Crippen molar-refractivity contribution in [2.45, 2.75) is 43.7 Å². The molecule has 5 heteroatoms. The third kappa shape index (κ3) is 2.82. The molecular formula is C21H22N4O. The van der Waals surface area contributed by atoms with E-state index >= 15 is 0 Å². The largest absolute Gasteiger partial charge is 0.339 e. The first-order valence-corrected chi connectivity index (χ1v) is 9.40. The highest BCUT2D eigenvalue weighted by Gasteiger charge is 2.46. The number of pyridine rings is 1. The van der Waals surface area contributed by atoms with Crippen LogP contribution in [0.1, 0.15) is 54.1 Å². The van der Waals surface area contributed by atoms with E-state index < -0.39 is 0 Å². The molecule has 5 rings (SSSR count). The van der Waals surface area contributed by atoms with Gasteiger partial charge in [0.25, 0.3) is 0 Å². The third-order valence-electron chi connectivity index (χ3n) is 5.76. The van der Waals surface area contributed by atoms with Gasteiger partial charge in [-0.25, -0.2) is 0 Å². The Morgan fingerprint density at radius 1 is 1.12 bits per heavy atom. The molecule has 0 N–H and O–H groups in total. The molecule has 4 heterocycles. The summed E-state index contributed by atoms with van der Waals surface area (Å²) in [6, 6.07) is 15.8. The molecule has 0 aliphatic carbocycles. The average Bonchev–Trinajstić information content (AvgIpc) is 3.40. The Bertz CT molecular complexity index is 864. The van der Waals surface area contributed by atoms with Crippen molar-refractivity contribution < 1.29 is 4.52 Å². The van der Waals surface area contributed by atoms with Crippen LogP contribution >= 0.6 is 0 Å². The van der Waals surface area contributed by atoms with Crippen molar-refractivity contribution in [1.82, 2.24) is 20.0 Å². The quantitative estimate of drug-likeness (QED) is 0.720. The highest BCUT2D eigenvalue weighted by Crippen LogP contribution is 2.48. The highest BCUT2D eigenvalue weighted by atomic mass is 16.5. The fourth-order valence-corrected chi connectivity index (χ4v) is 4.61. The van der Waals surface area contributed by atoms with Crippen LogP contribution in [-0.4, -0.2) is 32.6 Å². The molecule has 2 saturated heterocycles. The van der Waals surface area contributed by atoms with Gasteiger partial charge < -0.3 is 4.52 Å². The van der Waals surface area contributed by atoms with E-state index in [1.807, 2.05) is 18.3 Å². The monoisotopic (exact) mass is 346 g/mol. The summed E-state index contributed by atoms with van der Waals surface area (Å²) in [5, 5.41) is 4.35. The van der Waals surface area contributed by atoms with Gasteiger partial charge in [0.1, 0.15) is 0 Å². The maximum atomic E-state index is 5.56. The Hall–Kier alpha value is -2.53. The molecule has 0 unspecified atom stereocenters. The summed E-state index contributed by atoms with van der Waals surface area (Å²) in [5.74, 6) is 1.91. The van der Waals surface area contributed by atoms with Crippen LogP contribution in [-0.2, 0) is 6.42 Å². The minimum atomic E-state index is 0.356. The zero-order chi connectivity index (χ0) is 17.3. The molecule has 5 nitrogen and oxygen atoms in total. The second-order valence-electron chi connectivity index (χ2n) is 7.30. The Morgan fingerprint density at radius 2 is 2.04 bits per heavy atom. The fourth-order valence-electron chi connectivity index (χ4n) is 4.61. The van der Waals surface area contributed by atoms with Gasteiger partial charge in [0.05, 0.1) is 6.42 Å². The number of rotatable bonds is 4. The van der Waals surface area contributed by atoms with Crippen molar-refractivity contribution in [2.75, 3.05) is 6.54 Å². The number of fused-ring (bicyclic) bond motifs is 1. The Labute approximate surface area is 153 Å². The van der Waals surface area contributed by atoms with Crippen LogP contribution in [0.3, 0.4) is 0 Å². The lowest BCUT2D eigenvalue weighted by molar-refractivity contribution is 0.243. The van der Waals surface area contributed by atoms with Gasteiger partial charge in [-0.2, -0.15) is 4.98 Å².